The second kappa shape index (κ2) is 10.1. The molecular weight excluding hydrogens is 524 g/mol. The van der Waals surface area contributed by atoms with Crippen LogP contribution in [0.5, 0.6) is 23.0 Å². The van der Waals surface area contributed by atoms with Crippen molar-refractivity contribution in [1.82, 2.24) is 0 Å². The number of benzene rings is 4. The van der Waals surface area contributed by atoms with Gasteiger partial charge >= 0.3 is 0 Å². The molecule has 4 aromatic rings. The van der Waals surface area contributed by atoms with Crippen LogP contribution in [-0.4, -0.2) is 0 Å². The normalized spacial score (nSPS) is 10.6. The van der Waals surface area contributed by atoms with Crippen molar-refractivity contribution in [2.75, 3.05) is 0 Å². The summed E-state index contributed by atoms with van der Waals surface area (Å²) in [5.41, 5.74) is -1.94. The second-order valence-corrected chi connectivity index (χ2v) is 7.40. The van der Waals surface area contributed by atoms with Gasteiger partial charge in [-0.2, -0.15) is 28.1 Å². The molecule has 0 aliphatic carbocycles. The van der Waals surface area contributed by atoms with Crippen molar-refractivity contribution in [2.24, 2.45) is 0 Å². The van der Waals surface area contributed by atoms with Crippen molar-refractivity contribution >= 4 is 0 Å². The second-order valence-electron chi connectivity index (χ2n) is 7.40. The molecule has 12 heteroatoms. The van der Waals surface area contributed by atoms with E-state index in [0.717, 1.165) is 12.1 Å². The van der Waals surface area contributed by atoms with E-state index in [1.165, 1.54) is 48.5 Å². The number of nitriles is 2. The molecule has 0 saturated carbocycles. The molecule has 0 fully saturated rings. The van der Waals surface area contributed by atoms with Crippen LogP contribution in [0.15, 0.2) is 48.5 Å². The fourth-order valence-corrected chi connectivity index (χ4v) is 3.27. The summed E-state index contributed by atoms with van der Waals surface area (Å²) in [7, 11) is 0. The Morgan fingerprint density at radius 2 is 0.684 bits per heavy atom. The monoisotopic (exact) mass is 532 g/mol. The van der Waals surface area contributed by atoms with Gasteiger partial charge in [0.05, 0.1) is 0 Å². The summed E-state index contributed by atoms with van der Waals surface area (Å²) in [5.74, 6) is -18.4. The van der Waals surface area contributed by atoms with Gasteiger partial charge in [-0.25, -0.2) is 17.6 Å². The van der Waals surface area contributed by atoms with Crippen molar-refractivity contribution < 1.29 is 44.6 Å². The van der Waals surface area contributed by atoms with E-state index in [-0.39, 0.29) is 11.5 Å². The van der Waals surface area contributed by atoms with Crippen LogP contribution in [0.25, 0.3) is 11.1 Å². The van der Waals surface area contributed by atoms with E-state index in [9.17, 15) is 35.1 Å². The van der Waals surface area contributed by atoms with Gasteiger partial charge in [0, 0.05) is 0 Å². The fraction of sp³-hybridized carbons (Fsp3) is 0. The minimum atomic E-state index is -1.91. The van der Waals surface area contributed by atoms with Crippen molar-refractivity contribution in [2.45, 2.75) is 0 Å². The summed E-state index contributed by atoms with van der Waals surface area (Å²) in [6.45, 7) is 0. The lowest BCUT2D eigenvalue weighted by molar-refractivity contribution is 0.364. The maximum absolute atomic E-state index is 14.1. The molecule has 0 amide bonds. The molecular formula is C26H8F8N2O2. The lowest BCUT2D eigenvalue weighted by Crippen LogP contribution is -2.04. The number of rotatable bonds is 5. The Morgan fingerprint density at radius 1 is 0.421 bits per heavy atom. The maximum atomic E-state index is 14.1. The average Bonchev–Trinajstić information content (AvgIpc) is 2.93. The third-order valence-corrected chi connectivity index (χ3v) is 5.15. The van der Waals surface area contributed by atoms with Gasteiger partial charge < -0.3 is 9.47 Å². The van der Waals surface area contributed by atoms with Gasteiger partial charge in [0.15, 0.2) is 23.3 Å². The summed E-state index contributed by atoms with van der Waals surface area (Å²) in [6.07, 6.45) is 0. The molecule has 0 spiro atoms. The molecule has 0 aliphatic heterocycles. The Hall–Kier alpha value is -5.10. The van der Waals surface area contributed by atoms with E-state index in [4.69, 9.17) is 20.0 Å². The molecule has 4 aromatic carbocycles. The molecule has 0 bridgehead atoms. The van der Waals surface area contributed by atoms with Gasteiger partial charge in [-0.3, -0.25) is 0 Å². The molecule has 0 N–H and O–H groups in total. The molecule has 4 rings (SSSR count). The first-order chi connectivity index (χ1) is 18.1. The van der Waals surface area contributed by atoms with Crippen LogP contribution < -0.4 is 9.47 Å². The van der Waals surface area contributed by atoms with Crippen molar-refractivity contribution in [3.05, 3.63) is 106 Å². The van der Waals surface area contributed by atoms with Crippen molar-refractivity contribution in [3.63, 3.8) is 0 Å². The Bertz CT molecular complexity index is 1480. The maximum Gasteiger partial charge on any atom is 0.205 e. The fourth-order valence-electron chi connectivity index (χ4n) is 3.27. The van der Waals surface area contributed by atoms with Gasteiger partial charge in [-0.15, -0.1) is 0 Å². The van der Waals surface area contributed by atoms with E-state index in [1.54, 1.807) is 0 Å². The highest BCUT2D eigenvalue weighted by atomic mass is 19.2. The zero-order valence-corrected chi connectivity index (χ0v) is 18.4. The first-order valence-electron chi connectivity index (χ1n) is 10.2. The molecule has 0 saturated heterocycles. The number of hydrogen-bond acceptors (Lipinski definition) is 4. The predicted molar refractivity (Wildman–Crippen MR) is 114 cm³/mol. The highest BCUT2D eigenvalue weighted by molar-refractivity contribution is 5.65. The van der Waals surface area contributed by atoms with Gasteiger partial charge in [0.2, 0.25) is 34.8 Å². The number of nitrogens with zero attached hydrogens (tertiary/aromatic N) is 2. The third kappa shape index (κ3) is 4.44. The molecule has 0 aromatic heterocycles. The number of halogens is 8. The van der Waals surface area contributed by atoms with Gasteiger partial charge in [0.25, 0.3) is 0 Å². The summed E-state index contributed by atoms with van der Waals surface area (Å²) < 4.78 is 121. The summed E-state index contributed by atoms with van der Waals surface area (Å²) in [6, 6.07) is 12.4. The van der Waals surface area contributed by atoms with Crippen LogP contribution in [0.1, 0.15) is 11.1 Å². The van der Waals surface area contributed by atoms with E-state index in [2.05, 4.69) is 0 Å². The predicted octanol–water partition coefficient (Wildman–Crippen LogP) is 7.79. The summed E-state index contributed by atoms with van der Waals surface area (Å²) in [4.78, 5) is 0. The molecule has 0 atom stereocenters. The zero-order valence-electron chi connectivity index (χ0n) is 18.4. The van der Waals surface area contributed by atoms with Crippen molar-refractivity contribution in [1.29, 1.82) is 10.5 Å². The lowest BCUT2D eigenvalue weighted by Gasteiger charge is -2.12. The molecule has 0 unspecified atom stereocenters. The largest absolute Gasteiger partial charge is 0.451 e. The van der Waals surface area contributed by atoms with E-state index < -0.39 is 69.2 Å². The quantitative estimate of drug-likeness (QED) is 0.194. The van der Waals surface area contributed by atoms with Gasteiger partial charge in [-0.05, 0) is 35.4 Å². The SMILES string of the molecule is N#Cc1c(F)c(F)c(Oc2ccc(-c3ccc(Oc4c(F)c(F)c(C#N)c(F)c4F)cc3)cc2)c(F)c1F. The van der Waals surface area contributed by atoms with E-state index in [0.29, 0.717) is 11.1 Å². The lowest BCUT2D eigenvalue weighted by atomic mass is 10.1. The molecule has 38 heavy (non-hydrogen) atoms. The van der Waals surface area contributed by atoms with Crippen LogP contribution in [0.3, 0.4) is 0 Å². The van der Waals surface area contributed by atoms with Gasteiger partial charge in [0.1, 0.15) is 34.8 Å². The Kier molecular flexibility index (Phi) is 6.91. The topological polar surface area (TPSA) is 66.0 Å². The first-order valence-corrected chi connectivity index (χ1v) is 10.2. The van der Waals surface area contributed by atoms with E-state index >= 15 is 0 Å². The summed E-state index contributed by atoms with van der Waals surface area (Å²) >= 11 is 0. The number of ether oxygens (including phenoxy) is 2. The minimum absolute atomic E-state index is 0.217. The highest BCUT2D eigenvalue weighted by Crippen LogP contribution is 2.36. The molecule has 4 nitrogen and oxygen atoms in total. The first kappa shape index (κ1) is 26.0. The van der Waals surface area contributed by atoms with Crippen LogP contribution in [0.4, 0.5) is 35.1 Å². The standard InChI is InChI=1S/C26H8F8N2O2/c27-17-15(9-35)18(28)22(32)25(21(17)31)37-13-5-1-11(2-6-13)12-3-7-14(8-4-12)38-26-23(33)19(29)16(10-36)20(30)24(26)34/h1-8H. The molecule has 190 valence electrons. The van der Waals surface area contributed by atoms with E-state index in [1.807, 2.05) is 0 Å². The van der Waals surface area contributed by atoms with Crippen LogP contribution in [0, 0.1) is 69.2 Å². The highest BCUT2D eigenvalue weighted by Gasteiger charge is 2.28. The van der Waals surface area contributed by atoms with Gasteiger partial charge in [-0.1, -0.05) is 24.3 Å². The smallest absolute Gasteiger partial charge is 0.205 e. The third-order valence-electron chi connectivity index (χ3n) is 5.15. The zero-order chi connectivity index (χ0) is 27.7. The Balaban J connectivity index is 1.55. The van der Waals surface area contributed by atoms with Crippen LogP contribution in [0.2, 0.25) is 0 Å². The number of hydrogen-bond donors (Lipinski definition) is 0. The Labute approximate surface area is 208 Å². The average molecular weight is 532 g/mol. The molecule has 0 radical (unpaired) electrons. The minimum Gasteiger partial charge on any atom is -0.451 e. The molecule has 0 aliphatic rings. The molecule has 0 heterocycles. The van der Waals surface area contributed by atoms with Crippen LogP contribution in [-0.2, 0) is 0 Å². The van der Waals surface area contributed by atoms with Crippen molar-refractivity contribution in [3.8, 4) is 46.3 Å². The van der Waals surface area contributed by atoms with Crippen LogP contribution >= 0.6 is 0 Å². The Morgan fingerprint density at radius 3 is 0.921 bits per heavy atom. The summed E-state index contributed by atoms with van der Waals surface area (Å²) in [5, 5.41) is 17.3.